The molecule has 0 unspecified atom stereocenters. The summed E-state index contributed by atoms with van der Waals surface area (Å²) < 4.78 is 0. The molecular formula is C17H26N2O. The number of rotatable bonds is 9. The number of anilines is 1. The number of nitrogens with two attached hydrogens (primary N) is 1. The lowest BCUT2D eigenvalue weighted by atomic mass is 10.1. The fourth-order valence-corrected chi connectivity index (χ4v) is 1.95. The fraction of sp³-hybridized carbons (Fsp3) is 0.471. The van der Waals surface area contributed by atoms with Gasteiger partial charge in [0.2, 0.25) is 5.91 Å². The van der Waals surface area contributed by atoms with E-state index in [0.717, 1.165) is 24.2 Å². The van der Waals surface area contributed by atoms with Crippen molar-refractivity contribution in [3.05, 3.63) is 35.9 Å². The first kappa shape index (κ1) is 16.3. The second-order valence-electron chi connectivity index (χ2n) is 5.06. The number of carbonyl (C=O) groups excluding carboxylic acids is 1. The van der Waals surface area contributed by atoms with Gasteiger partial charge in [0.15, 0.2) is 0 Å². The minimum Gasteiger partial charge on any atom is -0.399 e. The number of carbonyl (C=O) groups is 1. The largest absolute Gasteiger partial charge is 0.399 e. The van der Waals surface area contributed by atoms with Gasteiger partial charge in [-0.3, -0.25) is 4.79 Å². The highest BCUT2D eigenvalue weighted by atomic mass is 16.1. The first-order chi connectivity index (χ1) is 9.72. The van der Waals surface area contributed by atoms with Gasteiger partial charge in [0, 0.05) is 18.3 Å². The first-order valence-electron chi connectivity index (χ1n) is 7.54. The van der Waals surface area contributed by atoms with Crippen molar-refractivity contribution < 1.29 is 4.79 Å². The van der Waals surface area contributed by atoms with Gasteiger partial charge in [-0.15, -0.1) is 0 Å². The molecule has 0 aliphatic carbocycles. The molecule has 3 nitrogen and oxygen atoms in total. The summed E-state index contributed by atoms with van der Waals surface area (Å²) in [4.78, 5) is 11.6. The Labute approximate surface area is 122 Å². The second kappa shape index (κ2) is 10.1. The van der Waals surface area contributed by atoms with Gasteiger partial charge in [0.05, 0.1) is 0 Å². The van der Waals surface area contributed by atoms with E-state index in [1.165, 1.54) is 32.1 Å². The van der Waals surface area contributed by atoms with Gasteiger partial charge < -0.3 is 11.1 Å². The second-order valence-corrected chi connectivity index (χ2v) is 5.06. The van der Waals surface area contributed by atoms with Gasteiger partial charge in [0.1, 0.15) is 0 Å². The van der Waals surface area contributed by atoms with Crippen LogP contribution in [0.2, 0.25) is 0 Å². The molecule has 3 heteroatoms. The van der Waals surface area contributed by atoms with Crippen molar-refractivity contribution in [1.82, 2.24) is 5.32 Å². The van der Waals surface area contributed by atoms with Crippen LogP contribution in [0.3, 0.4) is 0 Å². The van der Waals surface area contributed by atoms with Crippen LogP contribution in [-0.2, 0) is 4.79 Å². The van der Waals surface area contributed by atoms with Crippen molar-refractivity contribution in [3.63, 3.8) is 0 Å². The number of nitrogens with one attached hydrogen (secondary N) is 1. The van der Waals surface area contributed by atoms with Crippen LogP contribution in [0.5, 0.6) is 0 Å². The van der Waals surface area contributed by atoms with E-state index in [0.29, 0.717) is 0 Å². The molecule has 110 valence electrons. The molecule has 0 spiro atoms. The Kier molecular flexibility index (Phi) is 8.20. The zero-order valence-corrected chi connectivity index (χ0v) is 12.4. The first-order valence-corrected chi connectivity index (χ1v) is 7.54. The van der Waals surface area contributed by atoms with Crippen LogP contribution in [0.1, 0.15) is 51.0 Å². The van der Waals surface area contributed by atoms with Crippen molar-refractivity contribution in [2.75, 3.05) is 12.3 Å². The van der Waals surface area contributed by atoms with E-state index in [9.17, 15) is 4.79 Å². The Balaban J connectivity index is 2.12. The summed E-state index contributed by atoms with van der Waals surface area (Å²) in [5, 5.41) is 2.90. The molecule has 1 rings (SSSR count). The molecule has 0 fully saturated rings. The molecule has 0 bridgehead atoms. The summed E-state index contributed by atoms with van der Waals surface area (Å²) >= 11 is 0. The summed E-state index contributed by atoms with van der Waals surface area (Å²) in [5.74, 6) is -0.0321. The molecule has 0 saturated heterocycles. The van der Waals surface area contributed by atoms with E-state index in [1.54, 1.807) is 12.2 Å². The number of hydrogen-bond acceptors (Lipinski definition) is 2. The lowest BCUT2D eigenvalue weighted by Crippen LogP contribution is -2.21. The predicted octanol–water partition coefficient (Wildman–Crippen LogP) is 3.76. The average molecular weight is 274 g/mol. The number of hydrogen-bond donors (Lipinski definition) is 2. The van der Waals surface area contributed by atoms with Crippen LogP contribution in [0.15, 0.2) is 30.3 Å². The van der Waals surface area contributed by atoms with Gasteiger partial charge in [-0.1, -0.05) is 51.2 Å². The highest BCUT2D eigenvalue weighted by Gasteiger charge is 1.95. The Morgan fingerprint density at radius 1 is 1.10 bits per heavy atom. The van der Waals surface area contributed by atoms with Crippen molar-refractivity contribution in [2.24, 2.45) is 0 Å². The van der Waals surface area contributed by atoms with Gasteiger partial charge in [0.25, 0.3) is 0 Å². The van der Waals surface area contributed by atoms with E-state index >= 15 is 0 Å². The number of nitrogen functional groups attached to an aromatic ring is 1. The Hall–Kier alpha value is -1.77. The van der Waals surface area contributed by atoms with E-state index in [-0.39, 0.29) is 5.91 Å². The molecule has 0 radical (unpaired) electrons. The van der Waals surface area contributed by atoms with E-state index in [1.807, 2.05) is 24.3 Å². The van der Waals surface area contributed by atoms with Crippen LogP contribution in [0.25, 0.3) is 6.08 Å². The van der Waals surface area contributed by atoms with Crippen LogP contribution >= 0.6 is 0 Å². The summed E-state index contributed by atoms with van der Waals surface area (Å²) in [6.07, 6.45) is 10.8. The van der Waals surface area contributed by atoms with Gasteiger partial charge in [-0.2, -0.15) is 0 Å². The number of unbranched alkanes of at least 4 members (excludes halogenated alkanes) is 5. The predicted molar refractivity (Wildman–Crippen MR) is 86.3 cm³/mol. The standard InChI is InChI=1S/C17H26N2O/c1-2-3-4-5-6-7-14-19-17(20)13-10-15-8-11-16(18)12-9-15/h8-13H,2-7,14,18H2,1H3,(H,19,20)/b13-10+. The van der Waals surface area contributed by atoms with E-state index < -0.39 is 0 Å². The normalized spacial score (nSPS) is 10.8. The van der Waals surface area contributed by atoms with E-state index in [4.69, 9.17) is 5.73 Å². The van der Waals surface area contributed by atoms with Crippen LogP contribution in [0, 0.1) is 0 Å². The van der Waals surface area contributed by atoms with Crippen molar-refractivity contribution in [2.45, 2.75) is 45.4 Å². The SMILES string of the molecule is CCCCCCCCNC(=O)/C=C/c1ccc(N)cc1. The summed E-state index contributed by atoms with van der Waals surface area (Å²) in [6, 6.07) is 7.45. The molecule has 0 heterocycles. The highest BCUT2D eigenvalue weighted by molar-refractivity contribution is 5.91. The number of benzene rings is 1. The van der Waals surface area contributed by atoms with Gasteiger partial charge in [-0.25, -0.2) is 0 Å². The van der Waals surface area contributed by atoms with Gasteiger partial charge in [-0.05, 0) is 30.2 Å². The molecule has 1 amide bonds. The Bertz CT molecular complexity index is 410. The smallest absolute Gasteiger partial charge is 0.243 e. The third-order valence-corrected chi connectivity index (χ3v) is 3.19. The van der Waals surface area contributed by atoms with Crippen molar-refractivity contribution in [1.29, 1.82) is 0 Å². The maximum Gasteiger partial charge on any atom is 0.243 e. The molecule has 1 aromatic carbocycles. The van der Waals surface area contributed by atoms with Crippen molar-refractivity contribution in [3.8, 4) is 0 Å². The third kappa shape index (κ3) is 7.62. The molecule has 1 aromatic rings. The van der Waals surface area contributed by atoms with E-state index in [2.05, 4.69) is 12.2 Å². The topological polar surface area (TPSA) is 55.1 Å². The number of amides is 1. The minimum atomic E-state index is -0.0321. The maximum atomic E-state index is 11.6. The molecular weight excluding hydrogens is 248 g/mol. The Morgan fingerprint density at radius 2 is 1.75 bits per heavy atom. The molecule has 3 N–H and O–H groups in total. The zero-order chi connectivity index (χ0) is 14.6. The monoisotopic (exact) mass is 274 g/mol. The third-order valence-electron chi connectivity index (χ3n) is 3.19. The van der Waals surface area contributed by atoms with Crippen molar-refractivity contribution >= 4 is 17.7 Å². The zero-order valence-electron chi connectivity index (χ0n) is 12.4. The average Bonchev–Trinajstić information content (AvgIpc) is 2.46. The van der Waals surface area contributed by atoms with Gasteiger partial charge >= 0.3 is 0 Å². The lowest BCUT2D eigenvalue weighted by molar-refractivity contribution is -0.116. The quantitative estimate of drug-likeness (QED) is 0.409. The van der Waals surface area contributed by atoms with Crippen LogP contribution < -0.4 is 11.1 Å². The summed E-state index contributed by atoms with van der Waals surface area (Å²) in [6.45, 7) is 2.98. The Morgan fingerprint density at radius 3 is 2.45 bits per heavy atom. The minimum absolute atomic E-state index is 0.0321. The van der Waals surface area contributed by atoms with Crippen LogP contribution in [-0.4, -0.2) is 12.5 Å². The molecule has 0 saturated carbocycles. The molecule has 20 heavy (non-hydrogen) atoms. The highest BCUT2D eigenvalue weighted by Crippen LogP contribution is 2.07. The van der Waals surface area contributed by atoms with Crippen LogP contribution in [0.4, 0.5) is 5.69 Å². The lowest BCUT2D eigenvalue weighted by Gasteiger charge is -2.02. The summed E-state index contributed by atoms with van der Waals surface area (Å²) in [7, 11) is 0. The fourth-order valence-electron chi connectivity index (χ4n) is 1.95. The maximum absolute atomic E-state index is 11.6. The summed E-state index contributed by atoms with van der Waals surface area (Å²) in [5.41, 5.74) is 7.32. The molecule has 0 atom stereocenters. The molecule has 0 aromatic heterocycles. The molecule has 0 aliphatic rings. The molecule has 0 aliphatic heterocycles.